The minimum absolute atomic E-state index is 0.401. The zero-order chi connectivity index (χ0) is 14.3. The predicted molar refractivity (Wildman–Crippen MR) is 78.7 cm³/mol. The van der Waals surface area contributed by atoms with E-state index in [1.807, 2.05) is 36.2 Å². The molecule has 0 radical (unpaired) electrons. The summed E-state index contributed by atoms with van der Waals surface area (Å²) in [6.45, 7) is 2.77. The number of carbonyl (C=O) groups is 1. The number of benzene rings is 1. The molecule has 1 unspecified atom stereocenters. The van der Waals surface area contributed by atoms with Gasteiger partial charge in [-0.1, -0.05) is 49.6 Å². The summed E-state index contributed by atoms with van der Waals surface area (Å²) in [6.07, 6.45) is 3.42. The van der Waals surface area contributed by atoms with E-state index in [1.54, 1.807) is 0 Å². The van der Waals surface area contributed by atoms with Crippen LogP contribution in [-0.2, 0) is 11.2 Å². The molecule has 19 heavy (non-hydrogen) atoms. The number of hydrogen-bond acceptors (Lipinski definition) is 2. The highest BCUT2D eigenvalue weighted by Crippen LogP contribution is 2.16. The number of hydrogen-bond donors (Lipinski definition) is 1. The lowest BCUT2D eigenvalue weighted by Crippen LogP contribution is -2.39. The van der Waals surface area contributed by atoms with Crippen LogP contribution in [0.4, 0.5) is 0 Å². The Morgan fingerprint density at radius 2 is 2.11 bits per heavy atom. The second-order valence-electron chi connectivity index (χ2n) is 4.82. The van der Waals surface area contributed by atoms with E-state index in [4.69, 9.17) is 11.6 Å². The Bertz CT molecular complexity index is 409. The fourth-order valence-corrected chi connectivity index (χ4v) is 2.31. The summed E-state index contributed by atoms with van der Waals surface area (Å²) >= 11 is 6.10. The fourth-order valence-electron chi connectivity index (χ4n) is 2.08. The normalized spacial score (nSPS) is 12.6. The summed E-state index contributed by atoms with van der Waals surface area (Å²) in [5.41, 5.74) is 1.07. The quantitative estimate of drug-likeness (QED) is 0.794. The van der Waals surface area contributed by atoms with E-state index < -0.39 is 12.0 Å². The van der Waals surface area contributed by atoms with Crippen LogP contribution in [0.5, 0.6) is 0 Å². The van der Waals surface area contributed by atoms with Crippen LogP contribution in [0, 0.1) is 0 Å². The van der Waals surface area contributed by atoms with Crippen molar-refractivity contribution in [1.29, 1.82) is 0 Å². The number of likely N-dealkylation sites (N-methyl/N-ethyl adjacent to an activating group) is 1. The highest BCUT2D eigenvalue weighted by molar-refractivity contribution is 6.31. The fraction of sp³-hybridized carbons (Fsp3) is 0.533. The van der Waals surface area contributed by atoms with Crippen molar-refractivity contribution in [3.8, 4) is 0 Å². The smallest absolute Gasteiger partial charge is 0.320 e. The van der Waals surface area contributed by atoms with Crippen LogP contribution in [-0.4, -0.2) is 35.6 Å². The van der Waals surface area contributed by atoms with E-state index in [0.29, 0.717) is 13.0 Å². The molecule has 1 aromatic carbocycles. The number of aliphatic carboxylic acids is 1. The summed E-state index contributed by atoms with van der Waals surface area (Å²) in [5.74, 6) is -0.741. The predicted octanol–water partition coefficient (Wildman–Crippen LogP) is 3.46. The second-order valence-corrected chi connectivity index (χ2v) is 5.23. The molecule has 1 rings (SSSR count). The number of carboxylic acid groups (broad SMARTS) is 1. The monoisotopic (exact) mass is 283 g/mol. The summed E-state index contributed by atoms with van der Waals surface area (Å²) in [6, 6.07) is 7.30. The maximum atomic E-state index is 11.3. The van der Waals surface area contributed by atoms with E-state index in [-0.39, 0.29) is 0 Å². The maximum Gasteiger partial charge on any atom is 0.320 e. The minimum atomic E-state index is -0.741. The molecule has 1 aromatic rings. The zero-order valence-electron chi connectivity index (χ0n) is 11.6. The minimum Gasteiger partial charge on any atom is -0.480 e. The van der Waals surface area contributed by atoms with Crippen LogP contribution in [0.1, 0.15) is 31.7 Å². The van der Waals surface area contributed by atoms with Gasteiger partial charge in [0, 0.05) is 11.6 Å². The molecule has 4 heteroatoms. The molecule has 0 aliphatic heterocycles. The van der Waals surface area contributed by atoms with Crippen molar-refractivity contribution in [1.82, 2.24) is 4.90 Å². The van der Waals surface area contributed by atoms with Gasteiger partial charge in [0.2, 0.25) is 0 Å². The number of nitrogens with zero attached hydrogens (tertiary/aromatic N) is 1. The van der Waals surface area contributed by atoms with Crippen LogP contribution in [0.2, 0.25) is 5.02 Å². The third-order valence-corrected chi connectivity index (χ3v) is 3.71. The van der Waals surface area contributed by atoms with Gasteiger partial charge in [-0.2, -0.15) is 0 Å². The van der Waals surface area contributed by atoms with Crippen molar-refractivity contribution in [3.63, 3.8) is 0 Å². The molecule has 1 atom stereocenters. The first-order valence-corrected chi connectivity index (χ1v) is 7.10. The van der Waals surface area contributed by atoms with Gasteiger partial charge in [0.1, 0.15) is 6.04 Å². The zero-order valence-corrected chi connectivity index (χ0v) is 12.4. The molecule has 0 saturated carbocycles. The van der Waals surface area contributed by atoms with Gasteiger partial charge in [-0.05, 0) is 31.5 Å². The van der Waals surface area contributed by atoms with E-state index in [9.17, 15) is 9.90 Å². The Morgan fingerprint density at radius 3 is 2.68 bits per heavy atom. The van der Waals surface area contributed by atoms with Crippen LogP contribution in [0.15, 0.2) is 24.3 Å². The van der Waals surface area contributed by atoms with Gasteiger partial charge in [-0.25, -0.2) is 0 Å². The number of halogens is 1. The van der Waals surface area contributed by atoms with Gasteiger partial charge in [-0.15, -0.1) is 0 Å². The summed E-state index contributed by atoms with van der Waals surface area (Å²) in [7, 11) is 1.87. The largest absolute Gasteiger partial charge is 0.480 e. The van der Waals surface area contributed by atoms with Crippen molar-refractivity contribution < 1.29 is 9.90 Å². The van der Waals surface area contributed by atoms with Crippen molar-refractivity contribution in [3.05, 3.63) is 34.9 Å². The highest BCUT2D eigenvalue weighted by atomic mass is 35.5. The Labute approximate surface area is 120 Å². The summed E-state index contributed by atoms with van der Waals surface area (Å²) in [4.78, 5) is 13.2. The van der Waals surface area contributed by atoms with Crippen molar-refractivity contribution in [2.24, 2.45) is 0 Å². The van der Waals surface area contributed by atoms with Gasteiger partial charge in [0.15, 0.2) is 0 Å². The molecular weight excluding hydrogens is 262 g/mol. The molecule has 0 spiro atoms. The second kappa shape index (κ2) is 8.18. The summed E-state index contributed by atoms with van der Waals surface area (Å²) < 4.78 is 0. The van der Waals surface area contributed by atoms with Crippen LogP contribution in [0.3, 0.4) is 0 Å². The van der Waals surface area contributed by atoms with Crippen LogP contribution < -0.4 is 0 Å². The van der Waals surface area contributed by atoms with Gasteiger partial charge in [0.05, 0.1) is 0 Å². The molecule has 0 fully saturated rings. The molecule has 106 valence electrons. The Morgan fingerprint density at radius 1 is 1.42 bits per heavy atom. The number of rotatable bonds is 8. The average Bonchev–Trinajstić information content (AvgIpc) is 2.38. The number of carboxylic acids is 1. The molecule has 0 amide bonds. The first kappa shape index (κ1) is 16.0. The SMILES string of the molecule is CCCCC(C(=O)O)N(C)CCc1ccccc1Cl. The molecule has 0 aromatic heterocycles. The van der Waals surface area contributed by atoms with E-state index >= 15 is 0 Å². The lowest BCUT2D eigenvalue weighted by Gasteiger charge is -2.24. The molecule has 3 nitrogen and oxygen atoms in total. The Kier molecular flexibility index (Phi) is 6.89. The average molecular weight is 284 g/mol. The molecule has 1 N–H and O–H groups in total. The highest BCUT2D eigenvalue weighted by Gasteiger charge is 2.21. The van der Waals surface area contributed by atoms with Crippen LogP contribution in [0.25, 0.3) is 0 Å². The molecule has 0 bridgehead atoms. The van der Waals surface area contributed by atoms with E-state index in [0.717, 1.165) is 29.8 Å². The van der Waals surface area contributed by atoms with Gasteiger partial charge in [-0.3, -0.25) is 9.69 Å². The molecule has 0 heterocycles. The Balaban J connectivity index is 2.55. The summed E-state index contributed by atoms with van der Waals surface area (Å²) in [5, 5.41) is 10.0. The van der Waals surface area contributed by atoms with E-state index in [2.05, 4.69) is 6.92 Å². The lowest BCUT2D eigenvalue weighted by atomic mass is 10.1. The lowest BCUT2D eigenvalue weighted by molar-refractivity contribution is -0.143. The third-order valence-electron chi connectivity index (χ3n) is 3.34. The van der Waals surface area contributed by atoms with Crippen LogP contribution >= 0.6 is 11.6 Å². The first-order valence-electron chi connectivity index (χ1n) is 6.72. The first-order chi connectivity index (χ1) is 9.06. The molecule has 0 saturated heterocycles. The topological polar surface area (TPSA) is 40.5 Å². The Hall–Kier alpha value is -1.06. The van der Waals surface area contributed by atoms with Crippen molar-refractivity contribution in [2.45, 2.75) is 38.6 Å². The maximum absolute atomic E-state index is 11.3. The molecule has 0 aliphatic carbocycles. The molecular formula is C15H22ClNO2. The van der Waals surface area contributed by atoms with Gasteiger partial charge < -0.3 is 5.11 Å². The number of unbranched alkanes of at least 4 members (excludes halogenated alkanes) is 1. The van der Waals surface area contributed by atoms with Gasteiger partial charge >= 0.3 is 5.97 Å². The van der Waals surface area contributed by atoms with E-state index in [1.165, 1.54) is 0 Å². The third kappa shape index (κ3) is 5.21. The van der Waals surface area contributed by atoms with Gasteiger partial charge in [0.25, 0.3) is 0 Å². The molecule has 0 aliphatic rings. The van der Waals surface area contributed by atoms with Crippen molar-refractivity contribution >= 4 is 17.6 Å². The van der Waals surface area contributed by atoms with Crippen molar-refractivity contribution in [2.75, 3.05) is 13.6 Å². The standard InChI is InChI=1S/C15H22ClNO2/c1-3-4-9-14(15(18)19)17(2)11-10-12-7-5-6-8-13(12)16/h5-8,14H,3-4,9-11H2,1-2H3,(H,18,19).